The van der Waals surface area contributed by atoms with Crippen LogP contribution in [0.1, 0.15) is 38.2 Å². The molecule has 1 saturated carbocycles. The third kappa shape index (κ3) is 2.44. The summed E-state index contributed by atoms with van der Waals surface area (Å²) in [5.41, 5.74) is 2.90. The second-order valence-corrected chi connectivity index (χ2v) is 4.27. The Balaban J connectivity index is 2.05. The average molecular weight is 187 g/mol. The van der Waals surface area contributed by atoms with E-state index in [1.807, 2.05) is 12.4 Å². The third-order valence-electron chi connectivity index (χ3n) is 2.99. The van der Waals surface area contributed by atoms with Crippen molar-refractivity contribution in [3.63, 3.8) is 0 Å². The third-order valence-corrected chi connectivity index (χ3v) is 2.99. The molecule has 0 atom stereocenters. The van der Waals surface area contributed by atoms with Gasteiger partial charge in [-0.3, -0.25) is 4.98 Å². The first-order valence-corrected chi connectivity index (χ1v) is 5.44. The number of hydrogen-bond acceptors (Lipinski definition) is 1. The molecule has 14 heavy (non-hydrogen) atoms. The van der Waals surface area contributed by atoms with Crippen LogP contribution in [0, 0.1) is 5.92 Å². The molecule has 1 aliphatic carbocycles. The highest BCUT2D eigenvalue weighted by Crippen LogP contribution is 2.28. The molecule has 0 aliphatic heterocycles. The normalized spacial score (nSPS) is 22.1. The first-order chi connectivity index (χ1) is 6.84. The van der Waals surface area contributed by atoms with Crippen molar-refractivity contribution in [1.82, 2.24) is 4.98 Å². The van der Waals surface area contributed by atoms with Gasteiger partial charge in [0.2, 0.25) is 0 Å². The van der Waals surface area contributed by atoms with E-state index in [9.17, 15) is 0 Å². The molecule has 74 valence electrons. The first-order valence-electron chi connectivity index (χ1n) is 5.44. The Kier molecular flexibility index (Phi) is 2.97. The van der Waals surface area contributed by atoms with Gasteiger partial charge >= 0.3 is 0 Å². The lowest BCUT2D eigenvalue weighted by Crippen LogP contribution is -2.03. The van der Waals surface area contributed by atoms with Crippen molar-refractivity contribution < 1.29 is 0 Å². The van der Waals surface area contributed by atoms with E-state index in [1.54, 1.807) is 5.57 Å². The Bertz CT molecular complexity index is 303. The molecular weight excluding hydrogens is 170 g/mol. The average Bonchev–Trinajstić information content (AvgIpc) is 2.23. The molecule has 0 aromatic carbocycles. The van der Waals surface area contributed by atoms with Crippen LogP contribution in [0.5, 0.6) is 0 Å². The number of rotatable bonds is 1. The molecule has 0 unspecified atom stereocenters. The number of aromatic nitrogens is 1. The van der Waals surface area contributed by atoms with Crippen molar-refractivity contribution in [2.75, 3.05) is 0 Å². The van der Waals surface area contributed by atoms with Crippen LogP contribution in [0.25, 0.3) is 6.08 Å². The predicted octanol–water partition coefficient (Wildman–Crippen LogP) is 3.68. The molecule has 1 heterocycles. The minimum atomic E-state index is 0.921. The van der Waals surface area contributed by atoms with E-state index in [0.29, 0.717) is 0 Å². The minimum Gasteiger partial charge on any atom is -0.265 e. The molecule has 0 radical (unpaired) electrons. The molecule has 2 rings (SSSR count). The summed E-state index contributed by atoms with van der Waals surface area (Å²) in [5.74, 6) is 0.921. The van der Waals surface area contributed by atoms with Gasteiger partial charge in [-0.25, -0.2) is 0 Å². The van der Waals surface area contributed by atoms with Gasteiger partial charge in [0.25, 0.3) is 0 Å². The molecule has 0 amide bonds. The second-order valence-electron chi connectivity index (χ2n) is 4.27. The van der Waals surface area contributed by atoms with Crippen LogP contribution in [0.3, 0.4) is 0 Å². The zero-order valence-corrected chi connectivity index (χ0v) is 8.74. The topological polar surface area (TPSA) is 12.9 Å². The molecule has 1 aliphatic rings. The van der Waals surface area contributed by atoms with Crippen LogP contribution >= 0.6 is 0 Å². The molecule has 1 nitrogen and oxygen atoms in total. The maximum absolute atomic E-state index is 4.02. The SMILES string of the molecule is CC1CCC(=Cc2ccncc2)CC1. The Morgan fingerprint density at radius 2 is 1.86 bits per heavy atom. The van der Waals surface area contributed by atoms with Gasteiger partial charge in [0.1, 0.15) is 0 Å². The molecule has 0 bridgehead atoms. The van der Waals surface area contributed by atoms with Crippen molar-refractivity contribution >= 4 is 6.08 Å². The van der Waals surface area contributed by atoms with Crippen molar-refractivity contribution in [3.05, 3.63) is 35.7 Å². The minimum absolute atomic E-state index is 0.921. The Morgan fingerprint density at radius 3 is 2.50 bits per heavy atom. The van der Waals surface area contributed by atoms with Crippen LogP contribution in [0.15, 0.2) is 30.1 Å². The molecule has 1 heteroatoms. The lowest BCUT2D eigenvalue weighted by Gasteiger charge is -2.20. The molecule has 1 fully saturated rings. The van der Waals surface area contributed by atoms with Gasteiger partial charge in [-0.2, -0.15) is 0 Å². The van der Waals surface area contributed by atoms with Gasteiger partial charge in [-0.1, -0.05) is 18.6 Å². The van der Waals surface area contributed by atoms with E-state index in [4.69, 9.17) is 0 Å². The molecule has 0 saturated heterocycles. The zero-order chi connectivity index (χ0) is 9.80. The van der Waals surface area contributed by atoms with E-state index in [1.165, 1.54) is 31.2 Å². The van der Waals surface area contributed by atoms with E-state index in [0.717, 1.165) is 5.92 Å². The van der Waals surface area contributed by atoms with E-state index in [-0.39, 0.29) is 0 Å². The number of pyridine rings is 1. The van der Waals surface area contributed by atoms with Crippen LogP contribution in [0.2, 0.25) is 0 Å². The Hall–Kier alpha value is -1.11. The summed E-state index contributed by atoms with van der Waals surface area (Å²) < 4.78 is 0. The van der Waals surface area contributed by atoms with Crippen molar-refractivity contribution in [3.8, 4) is 0 Å². The summed E-state index contributed by atoms with van der Waals surface area (Å²) in [6.45, 7) is 2.35. The fraction of sp³-hybridized carbons (Fsp3) is 0.462. The van der Waals surface area contributed by atoms with E-state index < -0.39 is 0 Å². The first kappa shape index (κ1) is 9.45. The Morgan fingerprint density at radius 1 is 1.21 bits per heavy atom. The molecular formula is C13H17N. The largest absolute Gasteiger partial charge is 0.265 e. The van der Waals surface area contributed by atoms with Crippen molar-refractivity contribution in [2.45, 2.75) is 32.6 Å². The van der Waals surface area contributed by atoms with E-state index >= 15 is 0 Å². The Labute approximate surface area is 85.9 Å². The molecule has 1 aromatic rings. The zero-order valence-electron chi connectivity index (χ0n) is 8.74. The lowest BCUT2D eigenvalue weighted by molar-refractivity contribution is 0.446. The maximum atomic E-state index is 4.02. The number of allylic oxidation sites excluding steroid dienone is 1. The fourth-order valence-corrected chi connectivity index (χ4v) is 1.97. The standard InChI is InChI=1S/C13H17N/c1-11-2-4-12(5-3-11)10-13-6-8-14-9-7-13/h6-11H,2-5H2,1H3. The summed E-state index contributed by atoms with van der Waals surface area (Å²) in [5, 5.41) is 0. The quantitative estimate of drug-likeness (QED) is 0.653. The highest BCUT2D eigenvalue weighted by atomic mass is 14.6. The van der Waals surface area contributed by atoms with Crippen LogP contribution in [-0.2, 0) is 0 Å². The van der Waals surface area contributed by atoms with Crippen molar-refractivity contribution in [1.29, 1.82) is 0 Å². The predicted molar refractivity (Wildman–Crippen MR) is 59.8 cm³/mol. The van der Waals surface area contributed by atoms with Gasteiger partial charge in [0, 0.05) is 12.4 Å². The summed E-state index contributed by atoms with van der Waals surface area (Å²) in [4.78, 5) is 4.02. The van der Waals surface area contributed by atoms with Gasteiger partial charge in [-0.05, 0) is 49.3 Å². The van der Waals surface area contributed by atoms with E-state index in [2.05, 4.69) is 30.1 Å². The highest BCUT2D eigenvalue weighted by molar-refractivity contribution is 5.52. The molecule has 1 aromatic heterocycles. The van der Waals surface area contributed by atoms with Crippen LogP contribution < -0.4 is 0 Å². The van der Waals surface area contributed by atoms with Crippen molar-refractivity contribution in [2.24, 2.45) is 5.92 Å². The second kappa shape index (κ2) is 4.41. The van der Waals surface area contributed by atoms with Gasteiger partial charge < -0.3 is 0 Å². The van der Waals surface area contributed by atoms with Crippen LogP contribution in [0.4, 0.5) is 0 Å². The maximum Gasteiger partial charge on any atom is 0.0273 e. The molecule has 0 spiro atoms. The van der Waals surface area contributed by atoms with Gasteiger partial charge in [-0.15, -0.1) is 0 Å². The summed E-state index contributed by atoms with van der Waals surface area (Å²) in [6.07, 6.45) is 11.3. The number of nitrogens with zero attached hydrogens (tertiary/aromatic N) is 1. The summed E-state index contributed by atoms with van der Waals surface area (Å²) >= 11 is 0. The highest BCUT2D eigenvalue weighted by Gasteiger charge is 2.11. The van der Waals surface area contributed by atoms with Gasteiger partial charge in [0.15, 0.2) is 0 Å². The number of hydrogen-bond donors (Lipinski definition) is 0. The summed E-state index contributed by atoms with van der Waals surface area (Å²) in [7, 11) is 0. The molecule has 0 N–H and O–H groups in total. The van der Waals surface area contributed by atoms with Crippen LogP contribution in [-0.4, -0.2) is 4.98 Å². The lowest BCUT2D eigenvalue weighted by atomic mass is 9.86. The summed E-state index contributed by atoms with van der Waals surface area (Å²) in [6, 6.07) is 4.15. The fourth-order valence-electron chi connectivity index (χ4n) is 1.97. The smallest absolute Gasteiger partial charge is 0.0273 e. The van der Waals surface area contributed by atoms with Gasteiger partial charge in [0.05, 0.1) is 0 Å². The monoisotopic (exact) mass is 187 g/mol.